The lowest BCUT2D eigenvalue weighted by molar-refractivity contribution is -0.127. The first kappa shape index (κ1) is 21.3. The van der Waals surface area contributed by atoms with Gasteiger partial charge in [0.15, 0.2) is 5.82 Å². The number of aryl methyl sites for hydroxylation is 2. The fourth-order valence-electron chi connectivity index (χ4n) is 7.11. The number of imidazole rings is 1. The van der Waals surface area contributed by atoms with Gasteiger partial charge in [-0.1, -0.05) is 0 Å². The minimum atomic E-state index is -0.115. The lowest BCUT2D eigenvalue weighted by Crippen LogP contribution is -2.67. The van der Waals surface area contributed by atoms with Crippen molar-refractivity contribution in [2.75, 3.05) is 5.32 Å². The number of nitrogens with one attached hydrogen (secondary N) is 3. The monoisotopic (exact) mass is 457 g/mol. The highest BCUT2D eigenvalue weighted by Gasteiger charge is 2.58. The second kappa shape index (κ2) is 8.18. The number of carbonyl (C=O) groups excluding carboxylic acids is 1. The first-order chi connectivity index (χ1) is 16.5. The largest absolute Gasteiger partial charge is 0.364 e. The van der Waals surface area contributed by atoms with Crippen molar-refractivity contribution in [3.8, 4) is 11.4 Å². The summed E-state index contributed by atoms with van der Waals surface area (Å²) in [5.41, 5.74) is 2.70. The van der Waals surface area contributed by atoms with Crippen LogP contribution in [-0.4, -0.2) is 41.9 Å². The number of aromatic amines is 1. The van der Waals surface area contributed by atoms with Gasteiger partial charge < -0.3 is 15.6 Å². The van der Waals surface area contributed by atoms with E-state index in [2.05, 4.69) is 30.6 Å². The van der Waals surface area contributed by atoms with Gasteiger partial charge in [0.25, 0.3) is 0 Å². The quantitative estimate of drug-likeness (QED) is 0.498. The summed E-state index contributed by atoms with van der Waals surface area (Å²) in [7, 11) is 0. The molecule has 0 spiro atoms. The van der Waals surface area contributed by atoms with Gasteiger partial charge in [-0.05, 0) is 75.8 Å². The average molecular weight is 458 g/mol. The van der Waals surface area contributed by atoms with E-state index in [4.69, 9.17) is 4.98 Å². The molecule has 3 aromatic rings. The Bertz CT molecular complexity index is 1160. The zero-order chi connectivity index (χ0) is 23.2. The highest BCUT2D eigenvalue weighted by Crippen LogP contribution is 2.58. The summed E-state index contributed by atoms with van der Waals surface area (Å²) >= 11 is 0. The van der Waals surface area contributed by atoms with E-state index in [1.165, 1.54) is 6.42 Å². The molecule has 8 nitrogen and oxygen atoms in total. The molecule has 0 saturated heterocycles. The molecule has 4 aliphatic rings. The van der Waals surface area contributed by atoms with Gasteiger partial charge >= 0.3 is 0 Å². The van der Waals surface area contributed by atoms with Crippen LogP contribution in [0.4, 0.5) is 5.82 Å². The Morgan fingerprint density at radius 2 is 1.94 bits per heavy atom. The molecular formula is C26H31N7O. The maximum atomic E-state index is 12.9. The Kier molecular flexibility index (Phi) is 5.12. The predicted molar refractivity (Wildman–Crippen MR) is 129 cm³/mol. The average Bonchev–Trinajstić information content (AvgIpc) is 3.30. The molecule has 3 aromatic heterocycles. The van der Waals surface area contributed by atoms with Gasteiger partial charge in [0.2, 0.25) is 5.91 Å². The van der Waals surface area contributed by atoms with E-state index in [0.29, 0.717) is 30.5 Å². The van der Waals surface area contributed by atoms with Crippen molar-refractivity contribution in [1.29, 1.82) is 0 Å². The predicted octanol–water partition coefficient (Wildman–Crippen LogP) is 3.82. The molecule has 176 valence electrons. The molecule has 4 bridgehead atoms. The van der Waals surface area contributed by atoms with E-state index < -0.39 is 0 Å². The lowest BCUT2D eigenvalue weighted by atomic mass is 9.50. The molecular weight excluding hydrogens is 426 g/mol. The minimum absolute atomic E-state index is 0.0340. The Hall–Kier alpha value is -3.29. The van der Waals surface area contributed by atoms with Crippen LogP contribution in [0.15, 0.2) is 43.1 Å². The second-order valence-corrected chi connectivity index (χ2v) is 10.7. The molecule has 4 saturated carbocycles. The summed E-state index contributed by atoms with van der Waals surface area (Å²) in [6.45, 7) is 2.01. The molecule has 0 aromatic carbocycles. The third-order valence-corrected chi connectivity index (χ3v) is 7.81. The van der Waals surface area contributed by atoms with Crippen LogP contribution in [-0.2, 0) is 11.2 Å². The summed E-state index contributed by atoms with van der Waals surface area (Å²) < 4.78 is 0. The number of hydrogen-bond donors (Lipinski definition) is 3. The molecule has 7 rings (SSSR count). The summed E-state index contributed by atoms with van der Waals surface area (Å²) in [5.74, 6) is 2.99. The number of hydrogen-bond acceptors (Lipinski definition) is 6. The van der Waals surface area contributed by atoms with Crippen LogP contribution in [0.5, 0.6) is 0 Å². The van der Waals surface area contributed by atoms with Crippen molar-refractivity contribution >= 4 is 11.7 Å². The zero-order valence-electron chi connectivity index (χ0n) is 19.6. The third-order valence-electron chi connectivity index (χ3n) is 7.81. The lowest BCUT2D eigenvalue weighted by Gasteiger charge is -2.62. The van der Waals surface area contributed by atoms with E-state index in [1.807, 2.05) is 25.1 Å². The van der Waals surface area contributed by atoms with Gasteiger partial charge in [-0.2, -0.15) is 0 Å². The van der Waals surface area contributed by atoms with E-state index in [-0.39, 0.29) is 17.0 Å². The number of nitrogens with zero attached hydrogens (tertiary/aromatic N) is 4. The fraction of sp³-hybridized carbons (Fsp3) is 0.500. The number of H-pyrrole nitrogens is 1. The van der Waals surface area contributed by atoms with E-state index >= 15 is 0 Å². The minimum Gasteiger partial charge on any atom is -0.364 e. The van der Waals surface area contributed by atoms with Crippen LogP contribution < -0.4 is 10.6 Å². The van der Waals surface area contributed by atoms with Gasteiger partial charge in [-0.3, -0.25) is 9.78 Å². The van der Waals surface area contributed by atoms with Crippen LogP contribution >= 0.6 is 0 Å². The molecule has 4 fully saturated rings. The number of anilines is 1. The molecule has 3 N–H and O–H groups in total. The Morgan fingerprint density at radius 1 is 1.12 bits per heavy atom. The maximum absolute atomic E-state index is 12.9. The number of rotatable bonds is 7. The van der Waals surface area contributed by atoms with E-state index in [0.717, 1.165) is 54.9 Å². The van der Waals surface area contributed by atoms with Gasteiger partial charge in [-0.15, -0.1) is 0 Å². The maximum Gasteiger partial charge on any atom is 0.220 e. The number of aromatic nitrogens is 5. The van der Waals surface area contributed by atoms with Crippen LogP contribution in [0.25, 0.3) is 11.4 Å². The van der Waals surface area contributed by atoms with Crippen molar-refractivity contribution in [3.05, 3.63) is 54.5 Å². The van der Waals surface area contributed by atoms with Crippen molar-refractivity contribution in [1.82, 2.24) is 30.2 Å². The fourth-order valence-corrected chi connectivity index (χ4v) is 7.11. The molecule has 0 radical (unpaired) electrons. The molecule has 4 aliphatic carbocycles. The summed E-state index contributed by atoms with van der Waals surface area (Å²) in [6.07, 6.45) is 14.9. The number of carbonyl (C=O) groups is 1. The standard InChI is InChI=1S/C26H31N7O/c1-17-7-22(31-24(30-17)20-3-2-6-27-13-20)32-25-9-18-8-19(10-25)12-26(11-18,15-25)33-23(34)5-4-21-14-28-16-29-21/h2-3,6-7,13-14,16,18-19H,4-5,8-12,15H2,1H3,(H,28,29)(H,33,34)(H,30,31,32). The normalized spacial score (nSPS) is 29.2. The van der Waals surface area contributed by atoms with Crippen LogP contribution in [0, 0.1) is 18.8 Å². The van der Waals surface area contributed by atoms with Crippen molar-refractivity contribution in [2.24, 2.45) is 11.8 Å². The highest BCUT2D eigenvalue weighted by atomic mass is 16.1. The van der Waals surface area contributed by atoms with Crippen LogP contribution in [0.1, 0.15) is 56.3 Å². The summed E-state index contributed by atoms with van der Waals surface area (Å²) in [6, 6.07) is 5.93. The van der Waals surface area contributed by atoms with Crippen LogP contribution in [0.2, 0.25) is 0 Å². The van der Waals surface area contributed by atoms with Crippen molar-refractivity contribution in [3.63, 3.8) is 0 Å². The SMILES string of the molecule is Cc1cc(NC23CC4CC(CC(NC(=O)CCc5cnc[nH]5)(C4)C2)C3)nc(-c2cccnc2)n1. The van der Waals surface area contributed by atoms with Gasteiger partial charge in [-0.25, -0.2) is 15.0 Å². The zero-order valence-corrected chi connectivity index (χ0v) is 19.6. The molecule has 3 heterocycles. The number of pyridine rings is 1. The molecule has 2 unspecified atom stereocenters. The molecule has 2 atom stereocenters. The molecule has 1 amide bonds. The van der Waals surface area contributed by atoms with Gasteiger partial charge in [0, 0.05) is 59.1 Å². The van der Waals surface area contributed by atoms with Gasteiger partial charge in [0.1, 0.15) is 5.82 Å². The summed E-state index contributed by atoms with van der Waals surface area (Å²) in [5, 5.41) is 7.35. The second-order valence-electron chi connectivity index (χ2n) is 10.7. The Morgan fingerprint density at radius 3 is 2.68 bits per heavy atom. The first-order valence-corrected chi connectivity index (χ1v) is 12.3. The first-order valence-electron chi connectivity index (χ1n) is 12.3. The van der Waals surface area contributed by atoms with E-state index in [1.54, 1.807) is 24.9 Å². The van der Waals surface area contributed by atoms with Crippen LogP contribution in [0.3, 0.4) is 0 Å². The molecule has 0 aliphatic heterocycles. The Balaban J connectivity index is 1.21. The third kappa shape index (κ3) is 4.17. The van der Waals surface area contributed by atoms with Crippen molar-refractivity contribution in [2.45, 2.75) is 69.4 Å². The van der Waals surface area contributed by atoms with Gasteiger partial charge in [0.05, 0.1) is 6.33 Å². The topological polar surface area (TPSA) is 108 Å². The Labute approximate surface area is 199 Å². The smallest absolute Gasteiger partial charge is 0.220 e. The number of amides is 1. The highest BCUT2D eigenvalue weighted by molar-refractivity contribution is 5.77. The van der Waals surface area contributed by atoms with Crippen molar-refractivity contribution < 1.29 is 4.79 Å². The molecule has 8 heteroatoms. The van der Waals surface area contributed by atoms with E-state index in [9.17, 15) is 4.79 Å². The molecule has 34 heavy (non-hydrogen) atoms. The summed E-state index contributed by atoms with van der Waals surface area (Å²) in [4.78, 5) is 33.8.